The minimum absolute atomic E-state index is 0.0316. The fraction of sp³-hybridized carbons (Fsp3) is 0.533. The molecule has 0 aromatic heterocycles. The van der Waals surface area contributed by atoms with E-state index in [2.05, 4.69) is 5.32 Å². The number of aryl methyl sites for hydroxylation is 1. The Kier molecular flexibility index (Phi) is 5.84. The number of nitrogens with zero attached hydrogens (tertiary/aromatic N) is 1. The lowest BCUT2D eigenvalue weighted by atomic mass is 9.83. The zero-order valence-electron chi connectivity index (χ0n) is 12.7. The first-order valence-corrected chi connectivity index (χ1v) is 7.04. The van der Waals surface area contributed by atoms with Gasteiger partial charge in [0.05, 0.1) is 11.5 Å². The molecule has 6 heteroatoms. The molecule has 116 valence electrons. The number of rotatable bonds is 7. The molecule has 1 aromatic carbocycles. The first kappa shape index (κ1) is 17.1. The molecule has 0 heterocycles. The van der Waals surface area contributed by atoms with E-state index < -0.39 is 10.8 Å². The SMILES string of the molecule is CCC(CC)(CO)CNC(=O)c1cccc(C)c1[N+](=O)[O-]. The highest BCUT2D eigenvalue weighted by atomic mass is 16.6. The second-order valence-corrected chi connectivity index (χ2v) is 5.28. The van der Waals surface area contributed by atoms with Crippen molar-refractivity contribution >= 4 is 11.6 Å². The molecule has 0 unspecified atom stereocenters. The average molecular weight is 294 g/mol. The van der Waals surface area contributed by atoms with Gasteiger partial charge in [0.15, 0.2) is 0 Å². The third kappa shape index (κ3) is 3.78. The largest absolute Gasteiger partial charge is 0.396 e. The quantitative estimate of drug-likeness (QED) is 0.596. The Balaban J connectivity index is 2.96. The number of nitrogens with one attached hydrogen (secondary N) is 1. The van der Waals surface area contributed by atoms with Gasteiger partial charge in [0.2, 0.25) is 0 Å². The van der Waals surface area contributed by atoms with Gasteiger partial charge in [0.1, 0.15) is 5.56 Å². The van der Waals surface area contributed by atoms with Crippen LogP contribution in [0.2, 0.25) is 0 Å². The molecule has 0 spiro atoms. The van der Waals surface area contributed by atoms with Crippen molar-refractivity contribution in [2.75, 3.05) is 13.2 Å². The number of benzene rings is 1. The number of amides is 1. The molecular weight excluding hydrogens is 272 g/mol. The summed E-state index contributed by atoms with van der Waals surface area (Å²) in [6, 6.07) is 4.67. The third-order valence-corrected chi connectivity index (χ3v) is 4.12. The van der Waals surface area contributed by atoms with E-state index in [1.54, 1.807) is 19.1 Å². The summed E-state index contributed by atoms with van der Waals surface area (Å²) < 4.78 is 0. The Morgan fingerprint density at radius 1 is 1.38 bits per heavy atom. The van der Waals surface area contributed by atoms with Crippen LogP contribution in [0.1, 0.15) is 42.6 Å². The molecule has 0 aliphatic rings. The van der Waals surface area contributed by atoms with Gasteiger partial charge in [-0.05, 0) is 25.8 Å². The first-order valence-electron chi connectivity index (χ1n) is 7.04. The summed E-state index contributed by atoms with van der Waals surface area (Å²) >= 11 is 0. The molecule has 0 bridgehead atoms. The zero-order valence-corrected chi connectivity index (χ0v) is 12.7. The van der Waals surface area contributed by atoms with Crippen molar-refractivity contribution in [3.05, 3.63) is 39.4 Å². The summed E-state index contributed by atoms with van der Waals surface area (Å²) in [6.45, 7) is 5.75. The van der Waals surface area contributed by atoms with E-state index >= 15 is 0 Å². The Morgan fingerprint density at radius 3 is 2.48 bits per heavy atom. The van der Waals surface area contributed by atoms with Crippen molar-refractivity contribution in [3.63, 3.8) is 0 Å². The number of hydrogen-bond donors (Lipinski definition) is 2. The van der Waals surface area contributed by atoms with Crippen LogP contribution in [-0.4, -0.2) is 29.1 Å². The van der Waals surface area contributed by atoms with E-state index in [0.717, 1.165) is 12.8 Å². The number of para-hydroxylation sites is 1. The maximum Gasteiger partial charge on any atom is 0.285 e. The molecule has 0 aliphatic carbocycles. The highest BCUT2D eigenvalue weighted by Crippen LogP contribution is 2.26. The van der Waals surface area contributed by atoms with Crippen LogP contribution in [0.4, 0.5) is 5.69 Å². The second-order valence-electron chi connectivity index (χ2n) is 5.28. The Labute approximate surface area is 124 Å². The summed E-state index contributed by atoms with van der Waals surface area (Å²) in [4.78, 5) is 22.8. The fourth-order valence-electron chi connectivity index (χ4n) is 2.23. The van der Waals surface area contributed by atoms with E-state index in [-0.39, 0.29) is 23.3 Å². The molecule has 1 aromatic rings. The predicted molar refractivity (Wildman–Crippen MR) is 80.3 cm³/mol. The van der Waals surface area contributed by atoms with Gasteiger partial charge in [-0.3, -0.25) is 14.9 Å². The molecule has 0 aliphatic heterocycles. The summed E-state index contributed by atoms with van der Waals surface area (Å²) in [5.74, 6) is -0.481. The molecular formula is C15H22N2O4. The van der Waals surface area contributed by atoms with Crippen LogP contribution in [0.25, 0.3) is 0 Å². The molecule has 0 fully saturated rings. The highest BCUT2D eigenvalue weighted by molar-refractivity contribution is 5.98. The van der Waals surface area contributed by atoms with Gasteiger partial charge in [-0.1, -0.05) is 26.0 Å². The average Bonchev–Trinajstić information content (AvgIpc) is 2.48. The standard InChI is InChI=1S/C15H22N2O4/c1-4-15(5-2,10-18)9-16-14(19)12-8-6-7-11(3)13(12)17(20)21/h6-8,18H,4-5,9-10H2,1-3H3,(H,16,19). The predicted octanol–water partition coefficient (Wildman–Crippen LogP) is 2.43. The molecule has 2 N–H and O–H groups in total. The molecule has 6 nitrogen and oxygen atoms in total. The smallest absolute Gasteiger partial charge is 0.285 e. The number of aliphatic hydroxyl groups excluding tert-OH is 1. The van der Waals surface area contributed by atoms with Crippen molar-refractivity contribution in [3.8, 4) is 0 Å². The van der Waals surface area contributed by atoms with Crippen molar-refractivity contribution in [2.24, 2.45) is 5.41 Å². The lowest BCUT2D eigenvalue weighted by Gasteiger charge is -2.29. The highest BCUT2D eigenvalue weighted by Gasteiger charge is 2.28. The van der Waals surface area contributed by atoms with Gasteiger partial charge in [0.25, 0.3) is 11.6 Å². The van der Waals surface area contributed by atoms with Gasteiger partial charge < -0.3 is 10.4 Å². The summed E-state index contributed by atoms with van der Waals surface area (Å²) in [5, 5.41) is 23.3. The Morgan fingerprint density at radius 2 is 2.00 bits per heavy atom. The minimum Gasteiger partial charge on any atom is -0.396 e. The Bertz CT molecular complexity index is 516. The summed E-state index contributed by atoms with van der Waals surface area (Å²) in [6.07, 6.45) is 1.44. The van der Waals surface area contributed by atoms with Crippen molar-refractivity contribution in [1.82, 2.24) is 5.32 Å². The van der Waals surface area contributed by atoms with Crippen molar-refractivity contribution in [2.45, 2.75) is 33.6 Å². The van der Waals surface area contributed by atoms with Gasteiger partial charge in [-0.2, -0.15) is 0 Å². The molecule has 0 saturated heterocycles. The van der Waals surface area contributed by atoms with Crippen LogP contribution in [0.5, 0.6) is 0 Å². The number of aliphatic hydroxyl groups is 1. The first-order chi connectivity index (χ1) is 9.90. The van der Waals surface area contributed by atoms with Crippen LogP contribution in [-0.2, 0) is 0 Å². The van der Waals surface area contributed by atoms with Crippen LogP contribution >= 0.6 is 0 Å². The Hall–Kier alpha value is -1.95. The third-order valence-electron chi connectivity index (χ3n) is 4.12. The van der Waals surface area contributed by atoms with E-state index in [1.807, 2.05) is 13.8 Å². The number of hydrogen-bond acceptors (Lipinski definition) is 4. The molecule has 0 radical (unpaired) electrons. The lowest BCUT2D eigenvalue weighted by molar-refractivity contribution is -0.385. The summed E-state index contributed by atoms with van der Waals surface area (Å²) in [7, 11) is 0. The van der Waals surface area contributed by atoms with Crippen LogP contribution in [0.15, 0.2) is 18.2 Å². The van der Waals surface area contributed by atoms with Gasteiger partial charge in [-0.25, -0.2) is 0 Å². The van der Waals surface area contributed by atoms with Crippen LogP contribution in [0.3, 0.4) is 0 Å². The van der Waals surface area contributed by atoms with Gasteiger partial charge in [-0.15, -0.1) is 0 Å². The molecule has 0 atom stereocenters. The van der Waals surface area contributed by atoms with E-state index in [0.29, 0.717) is 12.1 Å². The van der Waals surface area contributed by atoms with E-state index in [4.69, 9.17) is 0 Å². The fourth-order valence-corrected chi connectivity index (χ4v) is 2.23. The maximum absolute atomic E-state index is 12.2. The van der Waals surface area contributed by atoms with Crippen LogP contribution < -0.4 is 5.32 Å². The van der Waals surface area contributed by atoms with Crippen molar-refractivity contribution in [1.29, 1.82) is 0 Å². The van der Waals surface area contributed by atoms with E-state index in [9.17, 15) is 20.0 Å². The maximum atomic E-state index is 12.2. The summed E-state index contributed by atoms with van der Waals surface area (Å²) in [5.41, 5.74) is -0.0439. The number of nitro benzene ring substituents is 1. The topological polar surface area (TPSA) is 92.5 Å². The second kappa shape index (κ2) is 7.17. The van der Waals surface area contributed by atoms with Gasteiger partial charge in [0, 0.05) is 17.5 Å². The molecule has 0 saturated carbocycles. The number of carbonyl (C=O) groups excluding carboxylic acids is 1. The van der Waals surface area contributed by atoms with Crippen LogP contribution in [0, 0.1) is 22.5 Å². The number of nitro groups is 1. The minimum atomic E-state index is -0.539. The lowest BCUT2D eigenvalue weighted by Crippen LogP contribution is -2.39. The van der Waals surface area contributed by atoms with Crippen molar-refractivity contribution < 1.29 is 14.8 Å². The molecule has 21 heavy (non-hydrogen) atoms. The normalized spacial score (nSPS) is 11.2. The van der Waals surface area contributed by atoms with E-state index in [1.165, 1.54) is 6.07 Å². The number of carbonyl (C=O) groups is 1. The van der Waals surface area contributed by atoms with Gasteiger partial charge >= 0.3 is 0 Å². The zero-order chi connectivity index (χ0) is 16.0. The monoisotopic (exact) mass is 294 g/mol. The molecule has 1 rings (SSSR count). The molecule has 1 amide bonds.